The summed E-state index contributed by atoms with van der Waals surface area (Å²) < 4.78 is 0.565. The van der Waals surface area contributed by atoms with E-state index in [0.29, 0.717) is 17.2 Å². The van der Waals surface area contributed by atoms with Gasteiger partial charge in [-0.1, -0.05) is 6.08 Å². The lowest BCUT2D eigenvalue weighted by Gasteiger charge is -2.23. The first-order valence-corrected chi connectivity index (χ1v) is 5.25. The molecule has 0 aliphatic heterocycles. The van der Waals surface area contributed by atoms with Gasteiger partial charge in [0.05, 0.1) is 21.1 Å². The van der Waals surface area contributed by atoms with Gasteiger partial charge in [0.1, 0.15) is 14.7 Å². The van der Waals surface area contributed by atoms with Gasteiger partial charge >= 0.3 is 0 Å². The molecule has 4 heteroatoms. The zero-order valence-corrected chi connectivity index (χ0v) is 8.84. The fourth-order valence-electron chi connectivity index (χ4n) is 0.712. The van der Waals surface area contributed by atoms with Gasteiger partial charge in [0.25, 0.3) is 0 Å². The van der Waals surface area contributed by atoms with Gasteiger partial charge in [-0.05, 0) is 0 Å². The Hall–Kier alpha value is -0.240. The van der Waals surface area contributed by atoms with E-state index in [1.807, 2.05) is 21.1 Å². The average molecular weight is 190 g/mol. The molecule has 0 amide bonds. The molecule has 70 valence electrons. The molecule has 0 saturated carbocycles. The van der Waals surface area contributed by atoms with E-state index < -0.39 is 8.15 Å². The number of hydrogen-bond acceptors (Lipinski definition) is 2. The molecule has 12 heavy (non-hydrogen) atoms. The van der Waals surface area contributed by atoms with Crippen LogP contribution in [0.25, 0.3) is 0 Å². The molecule has 1 N–H and O–H groups in total. The van der Waals surface area contributed by atoms with Crippen molar-refractivity contribution in [3.05, 3.63) is 12.7 Å². The smallest absolute Gasteiger partial charge is 0.235 e. The van der Waals surface area contributed by atoms with E-state index in [1.165, 1.54) is 0 Å². The van der Waals surface area contributed by atoms with Crippen LogP contribution in [-0.2, 0) is 4.79 Å². The second-order valence-electron chi connectivity index (χ2n) is 3.71. The maximum Gasteiger partial charge on any atom is 0.235 e. The van der Waals surface area contributed by atoms with Crippen molar-refractivity contribution in [1.82, 2.24) is 0 Å². The monoisotopic (exact) mass is 190 g/mol. The Morgan fingerprint density at radius 2 is 2.08 bits per heavy atom. The van der Waals surface area contributed by atoms with Gasteiger partial charge in [0, 0.05) is 6.16 Å². The Morgan fingerprint density at radius 1 is 1.58 bits per heavy atom. The molecular weight excluding hydrogens is 173 g/mol. The van der Waals surface area contributed by atoms with Crippen LogP contribution in [0, 0.1) is 0 Å². The fourth-order valence-corrected chi connectivity index (χ4v) is 1.75. The average Bonchev–Trinajstić information content (AvgIpc) is 1.84. The number of hydrogen-bond donors (Lipinski definition) is 1. The Kier molecular flexibility index (Phi) is 4.61. The molecule has 3 nitrogen and oxygen atoms in total. The van der Waals surface area contributed by atoms with Crippen molar-refractivity contribution in [3.8, 4) is 0 Å². The summed E-state index contributed by atoms with van der Waals surface area (Å²) in [6.07, 6.45) is 1.99. The molecule has 1 unspecified atom stereocenters. The summed E-state index contributed by atoms with van der Waals surface area (Å²) in [4.78, 5) is 20.6. The summed E-state index contributed by atoms with van der Waals surface area (Å²) >= 11 is 0. The van der Waals surface area contributed by atoms with Crippen molar-refractivity contribution < 1.29 is 14.2 Å². The molecule has 1 atom stereocenters. The van der Waals surface area contributed by atoms with Gasteiger partial charge in [-0.15, -0.1) is 6.58 Å². The van der Waals surface area contributed by atoms with E-state index in [9.17, 15) is 9.69 Å². The van der Waals surface area contributed by atoms with E-state index >= 15 is 0 Å². The normalized spacial score (nSPS) is 14.0. The van der Waals surface area contributed by atoms with Crippen LogP contribution in [0.3, 0.4) is 0 Å². The molecule has 0 radical (unpaired) electrons. The first kappa shape index (κ1) is 11.8. The predicted octanol–water partition coefficient (Wildman–Crippen LogP) is 0.794. The van der Waals surface area contributed by atoms with E-state index in [4.69, 9.17) is 0 Å². The van der Waals surface area contributed by atoms with Crippen LogP contribution in [0.1, 0.15) is 0 Å². The summed E-state index contributed by atoms with van der Waals surface area (Å²) in [6.45, 7) is 3.86. The Bertz CT molecular complexity index is 174. The minimum atomic E-state index is -1.48. The minimum Gasteiger partial charge on any atom is -0.366 e. The standard InChI is InChI=1S/C8H17NO2P/c1-5-6-12(11)8(10)7-9(2,3)4/h5,11H,1,6-7H2,2-4H3/q+1. The maximum absolute atomic E-state index is 11.3. The Balaban J connectivity index is 3.95. The molecule has 0 bridgehead atoms. The highest BCUT2D eigenvalue weighted by Crippen LogP contribution is 2.30. The lowest BCUT2D eigenvalue weighted by molar-refractivity contribution is -0.861. The van der Waals surface area contributed by atoms with Crippen molar-refractivity contribution in [2.24, 2.45) is 0 Å². The summed E-state index contributed by atoms with van der Waals surface area (Å²) in [5, 5.41) is 0. The highest BCUT2D eigenvalue weighted by atomic mass is 31.1. The molecule has 0 rings (SSSR count). The third-order valence-electron chi connectivity index (χ3n) is 1.20. The second kappa shape index (κ2) is 4.70. The zero-order valence-electron chi connectivity index (χ0n) is 7.95. The van der Waals surface area contributed by atoms with Gasteiger partial charge in [0.2, 0.25) is 5.52 Å². The largest absolute Gasteiger partial charge is 0.366 e. The van der Waals surface area contributed by atoms with Crippen molar-refractivity contribution in [3.63, 3.8) is 0 Å². The third-order valence-corrected chi connectivity index (χ3v) is 2.52. The molecule has 0 fully saturated rings. The van der Waals surface area contributed by atoms with Crippen molar-refractivity contribution >= 4 is 13.7 Å². The number of carbonyl (C=O) groups is 1. The quantitative estimate of drug-likeness (QED) is 0.395. The van der Waals surface area contributed by atoms with Gasteiger partial charge in [-0.25, -0.2) is 0 Å². The zero-order chi connectivity index (χ0) is 9.78. The van der Waals surface area contributed by atoms with Crippen LogP contribution in [0.5, 0.6) is 0 Å². The number of likely N-dealkylation sites (N-methyl/N-ethyl adjacent to an activating group) is 1. The van der Waals surface area contributed by atoms with Crippen LogP contribution >= 0.6 is 8.15 Å². The van der Waals surface area contributed by atoms with Crippen molar-refractivity contribution in [2.75, 3.05) is 33.8 Å². The molecule has 0 aromatic rings. The molecular formula is C8H17NO2P+. The predicted molar refractivity (Wildman–Crippen MR) is 52.1 cm³/mol. The number of quaternary nitrogens is 1. The first-order chi connectivity index (χ1) is 5.37. The van der Waals surface area contributed by atoms with Crippen molar-refractivity contribution in [2.45, 2.75) is 0 Å². The van der Waals surface area contributed by atoms with Crippen LogP contribution in [-0.4, -0.2) is 48.8 Å². The van der Waals surface area contributed by atoms with Gasteiger partial charge in [-0.3, -0.25) is 4.79 Å². The SMILES string of the molecule is C=CCP(O)C(=O)C[N+](C)(C)C. The molecule has 0 aromatic carbocycles. The van der Waals surface area contributed by atoms with Crippen LogP contribution < -0.4 is 0 Å². The maximum atomic E-state index is 11.3. The van der Waals surface area contributed by atoms with Crippen LogP contribution in [0.15, 0.2) is 12.7 Å². The van der Waals surface area contributed by atoms with Gasteiger partial charge in [0.15, 0.2) is 0 Å². The summed E-state index contributed by atoms with van der Waals surface area (Å²) in [6, 6.07) is 0. The summed E-state index contributed by atoms with van der Waals surface area (Å²) in [5.74, 6) is 0. The number of allylic oxidation sites excluding steroid dienone is 1. The van der Waals surface area contributed by atoms with E-state index in [1.54, 1.807) is 6.08 Å². The van der Waals surface area contributed by atoms with E-state index in [-0.39, 0.29) is 5.52 Å². The molecule has 0 spiro atoms. The fraction of sp³-hybridized carbons (Fsp3) is 0.625. The lowest BCUT2D eigenvalue weighted by Crippen LogP contribution is -2.39. The van der Waals surface area contributed by atoms with Gasteiger partial charge < -0.3 is 9.38 Å². The molecule has 0 heterocycles. The summed E-state index contributed by atoms with van der Waals surface area (Å²) in [7, 11) is 4.30. The Morgan fingerprint density at radius 3 is 2.42 bits per heavy atom. The highest BCUT2D eigenvalue weighted by Gasteiger charge is 2.20. The van der Waals surface area contributed by atoms with E-state index in [2.05, 4.69) is 6.58 Å². The first-order valence-electron chi connectivity index (χ1n) is 3.77. The molecule has 0 aliphatic carbocycles. The molecule has 0 aliphatic rings. The summed E-state index contributed by atoms with van der Waals surface area (Å²) in [5.41, 5.74) is -0.0580. The van der Waals surface area contributed by atoms with Gasteiger partial charge in [-0.2, -0.15) is 0 Å². The molecule has 0 aromatic heterocycles. The van der Waals surface area contributed by atoms with Crippen LogP contribution in [0.4, 0.5) is 0 Å². The second-order valence-corrected chi connectivity index (χ2v) is 5.38. The minimum absolute atomic E-state index is 0.0580. The van der Waals surface area contributed by atoms with Crippen molar-refractivity contribution in [1.29, 1.82) is 0 Å². The highest BCUT2D eigenvalue weighted by molar-refractivity contribution is 7.69. The molecule has 0 saturated heterocycles. The topological polar surface area (TPSA) is 37.3 Å². The lowest BCUT2D eigenvalue weighted by atomic mass is 10.5. The Labute approximate surface area is 75.1 Å². The third kappa shape index (κ3) is 5.42. The number of carbonyl (C=O) groups excluding carboxylic acids is 1. The number of rotatable bonds is 5. The van der Waals surface area contributed by atoms with Crippen LogP contribution in [0.2, 0.25) is 0 Å². The number of nitrogens with zero attached hydrogens (tertiary/aromatic N) is 1. The van der Waals surface area contributed by atoms with E-state index in [0.717, 1.165) is 0 Å².